The zero-order valence-corrected chi connectivity index (χ0v) is 14.4. The van der Waals surface area contributed by atoms with Gasteiger partial charge in [-0.2, -0.15) is 0 Å². The number of aryl methyl sites for hydroxylation is 2. The first-order valence-corrected chi connectivity index (χ1v) is 7.88. The van der Waals surface area contributed by atoms with Crippen molar-refractivity contribution in [2.75, 3.05) is 12.4 Å². The molecule has 0 atom stereocenters. The van der Waals surface area contributed by atoms with Crippen molar-refractivity contribution in [3.05, 3.63) is 59.6 Å². The van der Waals surface area contributed by atoms with E-state index in [0.29, 0.717) is 28.9 Å². The van der Waals surface area contributed by atoms with Gasteiger partial charge >= 0.3 is 0 Å². The summed E-state index contributed by atoms with van der Waals surface area (Å²) in [4.78, 5) is 20.8. The number of pyridine rings is 1. The largest absolute Gasteiger partial charge is 0.481 e. The minimum atomic E-state index is -0.181. The maximum absolute atomic E-state index is 12.2. The van der Waals surface area contributed by atoms with Gasteiger partial charge < -0.3 is 14.5 Å². The second kappa shape index (κ2) is 7.17. The first kappa shape index (κ1) is 16.7. The number of amides is 1. The van der Waals surface area contributed by atoms with Crippen molar-refractivity contribution >= 4 is 11.6 Å². The Morgan fingerprint density at radius 2 is 2.08 bits per heavy atom. The number of benzene rings is 1. The predicted octanol–water partition coefficient (Wildman–Crippen LogP) is 3.54. The van der Waals surface area contributed by atoms with E-state index in [1.54, 1.807) is 25.4 Å². The van der Waals surface area contributed by atoms with E-state index in [2.05, 4.69) is 15.3 Å². The summed E-state index contributed by atoms with van der Waals surface area (Å²) in [5.41, 5.74) is 3.25. The fourth-order valence-electron chi connectivity index (χ4n) is 2.43. The van der Waals surface area contributed by atoms with Crippen molar-refractivity contribution in [3.8, 4) is 17.3 Å². The van der Waals surface area contributed by atoms with Gasteiger partial charge in [-0.15, -0.1) is 0 Å². The van der Waals surface area contributed by atoms with E-state index < -0.39 is 0 Å². The summed E-state index contributed by atoms with van der Waals surface area (Å²) in [6, 6.07) is 11.3. The number of rotatable bonds is 5. The fraction of sp³-hybridized carbons (Fsp3) is 0.211. The lowest BCUT2D eigenvalue weighted by Gasteiger charge is -2.04. The molecule has 3 aromatic rings. The van der Waals surface area contributed by atoms with Crippen molar-refractivity contribution in [2.24, 2.45) is 0 Å². The first-order chi connectivity index (χ1) is 12.0. The number of ether oxygens (including phenoxy) is 1. The maximum atomic E-state index is 12.2. The average molecular weight is 337 g/mol. The Balaban J connectivity index is 1.71. The molecule has 0 saturated carbocycles. The van der Waals surface area contributed by atoms with E-state index in [9.17, 15) is 4.79 Å². The third-order valence-electron chi connectivity index (χ3n) is 3.71. The molecule has 0 spiro atoms. The second-order valence-corrected chi connectivity index (χ2v) is 5.71. The van der Waals surface area contributed by atoms with Crippen LogP contribution in [0.5, 0.6) is 5.88 Å². The number of hydrogen-bond acceptors (Lipinski definition) is 5. The molecular weight excluding hydrogens is 318 g/mol. The summed E-state index contributed by atoms with van der Waals surface area (Å²) in [5.74, 6) is 1.47. The molecule has 0 aliphatic rings. The third-order valence-corrected chi connectivity index (χ3v) is 3.71. The molecule has 1 amide bonds. The number of nitrogens with zero attached hydrogens (tertiary/aromatic N) is 2. The zero-order valence-electron chi connectivity index (χ0n) is 14.4. The van der Waals surface area contributed by atoms with E-state index in [0.717, 1.165) is 11.1 Å². The average Bonchev–Trinajstić information content (AvgIpc) is 2.96. The summed E-state index contributed by atoms with van der Waals surface area (Å²) in [7, 11) is 1.54. The molecule has 0 aliphatic carbocycles. The van der Waals surface area contributed by atoms with Gasteiger partial charge in [0.2, 0.25) is 17.7 Å². The highest BCUT2D eigenvalue weighted by Gasteiger charge is 2.15. The minimum Gasteiger partial charge on any atom is -0.481 e. The van der Waals surface area contributed by atoms with Crippen LogP contribution in [0, 0.1) is 13.8 Å². The number of hydrogen-bond donors (Lipinski definition) is 1. The highest BCUT2D eigenvalue weighted by molar-refractivity contribution is 5.92. The van der Waals surface area contributed by atoms with Crippen molar-refractivity contribution < 1.29 is 13.9 Å². The number of aromatic nitrogens is 2. The zero-order chi connectivity index (χ0) is 17.8. The lowest BCUT2D eigenvalue weighted by atomic mass is 10.1. The molecule has 0 unspecified atom stereocenters. The van der Waals surface area contributed by atoms with E-state index in [1.165, 1.54) is 0 Å². The first-order valence-electron chi connectivity index (χ1n) is 7.88. The standard InChI is InChI=1S/C19H19N3O3/c1-12-5-4-6-14(9-12)19-22-16(13(2)25-19)10-17(23)21-15-7-8-18(24-3)20-11-15/h4-9,11H,10H2,1-3H3,(H,21,23). The van der Waals surface area contributed by atoms with Gasteiger partial charge in [0.15, 0.2) is 0 Å². The van der Waals surface area contributed by atoms with E-state index >= 15 is 0 Å². The van der Waals surface area contributed by atoms with E-state index in [4.69, 9.17) is 9.15 Å². The molecule has 0 bridgehead atoms. The number of methoxy groups -OCH3 is 1. The van der Waals surface area contributed by atoms with Crippen molar-refractivity contribution in [1.29, 1.82) is 0 Å². The molecule has 25 heavy (non-hydrogen) atoms. The molecule has 0 fully saturated rings. The molecule has 3 rings (SSSR count). The highest BCUT2D eigenvalue weighted by Crippen LogP contribution is 2.23. The monoisotopic (exact) mass is 337 g/mol. The molecule has 6 heteroatoms. The van der Waals surface area contributed by atoms with Crippen molar-refractivity contribution in [1.82, 2.24) is 9.97 Å². The lowest BCUT2D eigenvalue weighted by molar-refractivity contribution is -0.115. The molecule has 0 saturated heterocycles. The van der Waals surface area contributed by atoms with Crippen molar-refractivity contribution in [2.45, 2.75) is 20.3 Å². The number of oxazole rings is 1. The Morgan fingerprint density at radius 1 is 1.24 bits per heavy atom. The van der Waals surface area contributed by atoms with Crippen LogP contribution in [0.2, 0.25) is 0 Å². The summed E-state index contributed by atoms with van der Waals surface area (Å²) in [6.07, 6.45) is 1.68. The van der Waals surface area contributed by atoms with Gasteiger partial charge in [-0.3, -0.25) is 4.79 Å². The van der Waals surface area contributed by atoms with Crippen LogP contribution >= 0.6 is 0 Å². The molecule has 0 radical (unpaired) electrons. The number of carbonyl (C=O) groups excluding carboxylic acids is 1. The van der Waals surface area contributed by atoms with Crippen LogP contribution in [0.3, 0.4) is 0 Å². The molecule has 6 nitrogen and oxygen atoms in total. The lowest BCUT2D eigenvalue weighted by Crippen LogP contribution is -2.15. The van der Waals surface area contributed by atoms with Crippen LogP contribution in [0.15, 0.2) is 47.0 Å². The van der Waals surface area contributed by atoms with Crippen LogP contribution in [-0.2, 0) is 11.2 Å². The van der Waals surface area contributed by atoms with Crippen LogP contribution in [0.4, 0.5) is 5.69 Å². The number of nitrogens with one attached hydrogen (secondary N) is 1. The third kappa shape index (κ3) is 4.03. The van der Waals surface area contributed by atoms with E-state index in [1.807, 2.05) is 38.1 Å². The maximum Gasteiger partial charge on any atom is 0.230 e. The minimum absolute atomic E-state index is 0.132. The Bertz CT molecular complexity index is 885. The highest BCUT2D eigenvalue weighted by atomic mass is 16.5. The Hall–Kier alpha value is -3.15. The van der Waals surface area contributed by atoms with Crippen LogP contribution in [-0.4, -0.2) is 23.0 Å². The number of anilines is 1. The van der Waals surface area contributed by atoms with Gasteiger partial charge in [0, 0.05) is 11.6 Å². The van der Waals surface area contributed by atoms with Gasteiger partial charge in [0.05, 0.1) is 31.1 Å². The Kier molecular flexibility index (Phi) is 4.79. The smallest absolute Gasteiger partial charge is 0.230 e. The van der Waals surface area contributed by atoms with Gasteiger partial charge in [0.25, 0.3) is 0 Å². The Morgan fingerprint density at radius 3 is 2.76 bits per heavy atom. The summed E-state index contributed by atoms with van der Waals surface area (Å²) < 4.78 is 10.7. The Labute approximate surface area is 145 Å². The van der Waals surface area contributed by atoms with Crippen LogP contribution in [0.1, 0.15) is 17.0 Å². The van der Waals surface area contributed by atoms with Crippen LogP contribution in [0.25, 0.3) is 11.5 Å². The molecule has 0 aliphatic heterocycles. The topological polar surface area (TPSA) is 77.2 Å². The summed E-state index contributed by atoms with van der Waals surface area (Å²) >= 11 is 0. The quantitative estimate of drug-likeness (QED) is 0.770. The summed E-state index contributed by atoms with van der Waals surface area (Å²) in [6.45, 7) is 3.82. The molecule has 2 heterocycles. The van der Waals surface area contributed by atoms with E-state index in [-0.39, 0.29) is 12.3 Å². The second-order valence-electron chi connectivity index (χ2n) is 5.71. The molecule has 128 valence electrons. The summed E-state index contributed by atoms with van der Waals surface area (Å²) in [5, 5.41) is 2.79. The fourth-order valence-corrected chi connectivity index (χ4v) is 2.43. The normalized spacial score (nSPS) is 10.5. The van der Waals surface area contributed by atoms with Crippen LogP contribution < -0.4 is 10.1 Å². The van der Waals surface area contributed by atoms with Gasteiger partial charge in [-0.25, -0.2) is 9.97 Å². The van der Waals surface area contributed by atoms with Crippen molar-refractivity contribution in [3.63, 3.8) is 0 Å². The van der Waals surface area contributed by atoms with Gasteiger partial charge in [-0.05, 0) is 32.0 Å². The number of carbonyl (C=O) groups is 1. The molecule has 2 aromatic heterocycles. The predicted molar refractivity (Wildman–Crippen MR) is 94.5 cm³/mol. The molecule has 1 aromatic carbocycles. The van der Waals surface area contributed by atoms with Gasteiger partial charge in [-0.1, -0.05) is 17.7 Å². The molecular formula is C19H19N3O3. The van der Waals surface area contributed by atoms with Gasteiger partial charge in [0.1, 0.15) is 5.76 Å². The molecule has 1 N–H and O–H groups in total. The SMILES string of the molecule is COc1ccc(NC(=O)Cc2nc(-c3cccc(C)c3)oc2C)cn1.